The fourth-order valence-electron chi connectivity index (χ4n) is 9.45. The third-order valence-electron chi connectivity index (χ3n) is 14.3. The monoisotopic (exact) mass is 1050 g/mol. The van der Waals surface area contributed by atoms with Crippen molar-refractivity contribution in [3.63, 3.8) is 0 Å². The zero-order valence-corrected chi connectivity index (χ0v) is 50.0. The Labute approximate surface area is 454 Å². The first-order chi connectivity index (χ1) is 35.5. The standard InChI is InChI=1S/C64H123N2O6P/c1-6-8-10-12-14-16-18-20-22-23-24-25-26-27-28-29-30-31-32-33-34-35-36-37-38-39-40-41-42-43-44-46-48-50-52-54-56-58-64(68)65-62(61-72-73(69,70)71-60-59-66(3,4)5)63(67)57-55-53-51-49-47-45-21-19-17-15-13-11-9-7-2/h8,10,14,16,20,22,24-25,62-63,67H,6-7,9,11-13,15,17-19,21,23,26-61H2,1-5H3,(H-,65,68,69,70)/b10-8-,16-14-,22-20-,25-24-. The molecule has 0 aliphatic heterocycles. The van der Waals surface area contributed by atoms with Gasteiger partial charge in [-0.25, -0.2) is 0 Å². The van der Waals surface area contributed by atoms with E-state index in [1.165, 1.54) is 212 Å². The molecular weight excluding hydrogens is 924 g/mol. The number of phosphoric acid groups is 1. The summed E-state index contributed by atoms with van der Waals surface area (Å²) >= 11 is 0. The van der Waals surface area contributed by atoms with Crippen LogP contribution >= 0.6 is 7.82 Å². The molecule has 0 aromatic carbocycles. The zero-order valence-electron chi connectivity index (χ0n) is 49.1. The van der Waals surface area contributed by atoms with E-state index in [0.29, 0.717) is 23.9 Å². The SMILES string of the molecule is CC/C=C\C/C=C\C/C=C\C/C=C\CCCCCCCCCCCCCCCCCCCCCCCCCCC(=O)NC(COP(=O)([O-])OCC[N+](C)(C)C)C(O)CCCCCCCCCCCCCCCC. The molecule has 0 radical (unpaired) electrons. The van der Waals surface area contributed by atoms with Crippen molar-refractivity contribution in [2.75, 3.05) is 40.9 Å². The van der Waals surface area contributed by atoms with Crippen molar-refractivity contribution in [3.05, 3.63) is 48.6 Å². The van der Waals surface area contributed by atoms with Gasteiger partial charge in [-0.1, -0.05) is 294 Å². The lowest BCUT2D eigenvalue weighted by molar-refractivity contribution is -0.870. The second-order valence-corrected chi connectivity index (χ2v) is 24.2. The van der Waals surface area contributed by atoms with Crippen LogP contribution in [0.25, 0.3) is 0 Å². The average Bonchev–Trinajstić information content (AvgIpc) is 3.35. The quantitative estimate of drug-likeness (QED) is 0.0272. The van der Waals surface area contributed by atoms with Crippen molar-refractivity contribution in [2.24, 2.45) is 0 Å². The second-order valence-electron chi connectivity index (χ2n) is 22.7. The van der Waals surface area contributed by atoms with Gasteiger partial charge in [0, 0.05) is 6.42 Å². The van der Waals surface area contributed by atoms with Crippen LogP contribution in [0.4, 0.5) is 0 Å². The van der Waals surface area contributed by atoms with Crippen molar-refractivity contribution in [2.45, 2.75) is 315 Å². The van der Waals surface area contributed by atoms with Crippen LogP contribution in [0.3, 0.4) is 0 Å². The van der Waals surface area contributed by atoms with Gasteiger partial charge in [0.2, 0.25) is 5.91 Å². The number of likely N-dealkylation sites (N-methyl/N-ethyl adjacent to an activating group) is 1. The van der Waals surface area contributed by atoms with E-state index >= 15 is 0 Å². The lowest BCUT2D eigenvalue weighted by Gasteiger charge is -2.30. The fraction of sp³-hybridized carbons (Fsp3) is 0.859. The zero-order chi connectivity index (χ0) is 53.5. The number of hydrogen-bond donors (Lipinski definition) is 2. The van der Waals surface area contributed by atoms with Crippen molar-refractivity contribution in [1.82, 2.24) is 5.32 Å². The molecule has 0 aliphatic carbocycles. The average molecular weight is 1050 g/mol. The van der Waals surface area contributed by atoms with Crippen LogP contribution in [-0.4, -0.2) is 68.5 Å². The van der Waals surface area contributed by atoms with E-state index in [1.807, 2.05) is 21.1 Å². The number of carbonyl (C=O) groups excluding carboxylic acids is 1. The Balaban J connectivity index is 3.90. The normalized spacial score (nSPS) is 14.1. The number of nitrogens with zero attached hydrogens (tertiary/aromatic N) is 1. The largest absolute Gasteiger partial charge is 0.756 e. The topological polar surface area (TPSA) is 108 Å². The van der Waals surface area contributed by atoms with Crippen molar-refractivity contribution < 1.29 is 32.9 Å². The van der Waals surface area contributed by atoms with E-state index in [1.54, 1.807) is 0 Å². The predicted molar refractivity (Wildman–Crippen MR) is 316 cm³/mol. The van der Waals surface area contributed by atoms with Gasteiger partial charge >= 0.3 is 0 Å². The summed E-state index contributed by atoms with van der Waals surface area (Å²) in [7, 11) is 1.32. The molecule has 73 heavy (non-hydrogen) atoms. The number of carbonyl (C=O) groups is 1. The van der Waals surface area contributed by atoms with Gasteiger partial charge in [-0.15, -0.1) is 0 Å². The number of nitrogens with one attached hydrogen (secondary N) is 1. The molecule has 0 saturated heterocycles. The molecule has 9 heteroatoms. The second kappa shape index (κ2) is 55.2. The molecule has 0 aromatic rings. The lowest BCUT2D eigenvalue weighted by Crippen LogP contribution is -2.46. The van der Waals surface area contributed by atoms with Crippen molar-refractivity contribution >= 4 is 13.7 Å². The Hall–Kier alpha value is -1.54. The lowest BCUT2D eigenvalue weighted by atomic mass is 10.0. The minimum atomic E-state index is -4.57. The van der Waals surface area contributed by atoms with E-state index in [-0.39, 0.29) is 19.1 Å². The maximum Gasteiger partial charge on any atom is 0.268 e. The fourth-order valence-corrected chi connectivity index (χ4v) is 10.2. The summed E-state index contributed by atoms with van der Waals surface area (Å²) in [5, 5.41) is 14.0. The first kappa shape index (κ1) is 71.5. The molecule has 0 rings (SSSR count). The maximum absolute atomic E-state index is 13.0. The number of hydrogen-bond acceptors (Lipinski definition) is 6. The highest BCUT2D eigenvalue weighted by Crippen LogP contribution is 2.38. The summed E-state index contributed by atoms with van der Waals surface area (Å²) in [6.07, 6.45) is 73.2. The van der Waals surface area contributed by atoms with E-state index < -0.39 is 20.0 Å². The Kier molecular flexibility index (Phi) is 54.1. The summed E-state index contributed by atoms with van der Waals surface area (Å²) < 4.78 is 23.4. The van der Waals surface area contributed by atoms with Gasteiger partial charge in [-0.3, -0.25) is 9.36 Å². The first-order valence-electron chi connectivity index (χ1n) is 31.5. The highest BCUT2D eigenvalue weighted by atomic mass is 31.2. The number of allylic oxidation sites excluding steroid dienone is 8. The molecule has 8 nitrogen and oxygen atoms in total. The van der Waals surface area contributed by atoms with Gasteiger partial charge in [-0.05, 0) is 51.4 Å². The van der Waals surface area contributed by atoms with Crippen LogP contribution in [0, 0.1) is 0 Å². The molecule has 2 N–H and O–H groups in total. The minimum absolute atomic E-state index is 0.0140. The molecule has 0 saturated carbocycles. The first-order valence-corrected chi connectivity index (χ1v) is 32.9. The third kappa shape index (κ3) is 58.0. The number of quaternary nitrogens is 1. The Morgan fingerprint density at radius 1 is 0.493 bits per heavy atom. The predicted octanol–water partition coefficient (Wildman–Crippen LogP) is 18.9. The van der Waals surface area contributed by atoms with E-state index in [4.69, 9.17) is 9.05 Å². The number of amides is 1. The van der Waals surface area contributed by atoms with Gasteiger partial charge < -0.3 is 28.8 Å². The van der Waals surface area contributed by atoms with Crippen LogP contribution in [0.1, 0.15) is 303 Å². The summed E-state index contributed by atoms with van der Waals surface area (Å²) in [6, 6.07) is -0.798. The van der Waals surface area contributed by atoms with E-state index in [0.717, 1.165) is 64.2 Å². The molecule has 0 aliphatic rings. The molecule has 3 unspecified atom stereocenters. The van der Waals surface area contributed by atoms with Gasteiger partial charge in [0.25, 0.3) is 7.82 Å². The van der Waals surface area contributed by atoms with Gasteiger partial charge in [-0.2, -0.15) is 0 Å². The van der Waals surface area contributed by atoms with Crippen LogP contribution in [0.2, 0.25) is 0 Å². The Morgan fingerprint density at radius 2 is 0.836 bits per heavy atom. The molecular formula is C64H123N2O6P. The molecule has 1 amide bonds. The third-order valence-corrected chi connectivity index (χ3v) is 15.3. The summed E-state index contributed by atoms with van der Waals surface area (Å²) in [5.41, 5.74) is 0. The Morgan fingerprint density at radius 3 is 1.22 bits per heavy atom. The number of unbranched alkanes of at least 4 members (excludes halogenated alkanes) is 37. The van der Waals surface area contributed by atoms with E-state index in [2.05, 4.69) is 67.8 Å². The van der Waals surface area contributed by atoms with Gasteiger partial charge in [0.1, 0.15) is 13.2 Å². The highest BCUT2D eigenvalue weighted by Gasteiger charge is 2.24. The summed E-state index contributed by atoms with van der Waals surface area (Å²) in [5.74, 6) is -0.160. The van der Waals surface area contributed by atoms with Gasteiger partial charge in [0.05, 0.1) is 39.9 Å². The van der Waals surface area contributed by atoms with Crippen LogP contribution in [0.15, 0.2) is 48.6 Å². The number of aliphatic hydroxyl groups excluding tert-OH is 1. The maximum atomic E-state index is 13.0. The molecule has 0 heterocycles. The number of rotatable bonds is 58. The van der Waals surface area contributed by atoms with Crippen LogP contribution in [0.5, 0.6) is 0 Å². The number of aliphatic hydroxyl groups is 1. The van der Waals surface area contributed by atoms with Crippen molar-refractivity contribution in [1.29, 1.82) is 0 Å². The molecule has 3 atom stereocenters. The van der Waals surface area contributed by atoms with Crippen LogP contribution in [-0.2, 0) is 18.4 Å². The molecule has 430 valence electrons. The van der Waals surface area contributed by atoms with Crippen molar-refractivity contribution in [3.8, 4) is 0 Å². The summed E-state index contributed by atoms with van der Waals surface area (Å²) in [6.45, 7) is 4.64. The molecule has 0 spiro atoms. The van der Waals surface area contributed by atoms with Crippen LogP contribution < -0.4 is 10.2 Å². The molecule has 0 aromatic heterocycles. The number of phosphoric ester groups is 1. The smallest absolute Gasteiger partial charge is 0.268 e. The summed E-state index contributed by atoms with van der Waals surface area (Å²) in [4.78, 5) is 25.5. The van der Waals surface area contributed by atoms with E-state index in [9.17, 15) is 19.4 Å². The Bertz CT molecular complexity index is 1330. The molecule has 0 bridgehead atoms. The minimum Gasteiger partial charge on any atom is -0.756 e. The molecule has 0 fully saturated rings. The highest BCUT2D eigenvalue weighted by molar-refractivity contribution is 7.45. The van der Waals surface area contributed by atoms with Gasteiger partial charge in [0.15, 0.2) is 0 Å².